The summed E-state index contributed by atoms with van der Waals surface area (Å²) in [6.45, 7) is 3.71. The number of fused-ring (bicyclic) bond motifs is 2. The Morgan fingerprint density at radius 3 is 2.50 bits per heavy atom. The van der Waals surface area contributed by atoms with Gasteiger partial charge in [-0.05, 0) is 29.3 Å². The van der Waals surface area contributed by atoms with Crippen molar-refractivity contribution in [3.05, 3.63) is 77.2 Å². The molecule has 1 aliphatic heterocycles. The number of hydrogen-bond acceptors (Lipinski definition) is 4. The second kappa shape index (κ2) is 5.77. The van der Waals surface area contributed by atoms with Crippen LogP contribution in [0.2, 0.25) is 0 Å². The third-order valence-electron chi connectivity index (χ3n) is 4.45. The van der Waals surface area contributed by atoms with Gasteiger partial charge in [0.15, 0.2) is 5.75 Å². The Morgan fingerprint density at radius 1 is 1.12 bits per heavy atom. The minimum absolute atomic E-state index is 0.0214. The molecule has 128 valence electrons. The molecule has 1 aliphatic rings. The van der Waals surface area contributed by atoms with Gasteiger partial charge in [-0.25, -0.2) is 4.39 Å². The summed E-state index contributed by atoms with van der Waals surface area (Å²) in [4.78, 5) is 30.9. The normalized spacial score (nSPS) is 13.3. The average molecular weight is 348 g/mol. The zero-order valence-corrected chi connectivity index (χ0v) is 13.6. The zero-order chi connectivity index (χ0) is 18.4. The third kappa shape index (κ3) is 2.19. The molecule has 0 spiro atoms. The molecule has 4 rings (SSSR count). The Hall–Kier alpha value is -3.54. The molecule has 3 aromatic rings. The highest BCUT2D eigenvalue weighted by Crippen LogP contribution is 2.40. The SMILES string of the molecule is C=Cc1c2c(c(O)c3ncccc13)C(=O)N(Cc1ccc(F)cc1)C2=O. The van der Waals surface area contributed by atoms with E-state index in [-0.39, 0.29) is 28.9 Å². The van der Waals surface area contributed by atoms with E-state index < -0.39 is 17.6 Å². The fourth-order valence-electron chi connectivity index (χ4n) is 3.24. The maximum atomic E-state index is 13.1. The fraction of sp³-hybridized carbons (Fsp3) is 0.0500. The van der Waals surface area contributed by atoms with Gasteiger partial charge in [0, 0.05) is 11.6 Å². The lowest BCUT2D eigenvalue weighted by atomic mass is 9.96. The summed E-state index contributed by atoms with van der Waals surface area (Å²) in [5.41, 5.74) is 1.35. The topological polar surface area (TPSA) is 70.5 Å². The summed E-state index contributed by atoms with van der Waals surface area (Å²) in [5, 5.41) is 11.1. The van der Waals surface area contributed by atoms with Crippen molar-refractivity contribution in [2.75, 3.05) is 0 Å². The number of amides is 2. The first-order valence-electron chi connectivity index (χ1n) is 7.89. The second-order valence-electron chi connectivity index (χ2n) is 5.94. The molecule has 0 saturated carbocycles. The van der Waals surface area contributed by atoms with Crippen molar-refractivity contribution in [2.24, 2.45) is 0 Å². The highest BCUT2D eigenvalue weighted by atomic mass is 19.1. The molecule has 0 atom stereocenters. The standard InChI is InChI=1S/C20H13FN2O3/c1-2-13-14-4-3-9-22-17(14)18(24)16-15(13)19(25)23(20(16)26)10-11-5-7-12(21)8-6-11/h2-9,24H,1,10H2. The highest BCUT2D eigenvalue weighted by Gasteiger charge is 2.41. The van der Waals surface area contributed by atoms with E-state index in [9.17, 15) is 19.1 Å². The monoisotopic (exact) mass is 348 g/mol. The van der Waals surface area contributed by atoms with Gasteiger partial charge >= 0.3 is 0 Å². The van der Waals surface area contributed by atoms with E-state index in [1.54, 1.807) is 12.1 Å². The Kier molecular flexibility index (Phi) is 3.54. The average Bonchev–Trinajstić information content (AvgIpc) is 2.89. The fourth-order valence-corrected chi connectivity index (χ4v) is 3.24. The van der Waals surface area contributed by atoms with Gasteiger partial charge < -0.3 is 5.11 Å². The molecule has 0 radical (unpaired) electrons. The van der Waals surface area contributed by atoms with Gasteiger partial charge in [-0.3, -0.25) is 19.5 Å². The van der Waals surface area contributed by atoms with Gasteiger partial charge in [0.2, 0.25) is 0 Å². The maximum absolute atomic E-state index is 13.1. The van der Waals surface area contributed by atoms with E-state index in [2.05, 4.69) is 11.6 Å². The number of pyridine rings is 1. The number of carbonyl (C=O) groups is 2. The van der Waals surface area contributed by atoms with E-state index in [4.69, 9.17) is 0 Å². The van der Waals surface area contributed by atoms with Crippen LogP contribution in [-0.2, 0) is 6.54 Å². The van der Waals surface area contributed by atoms with Crippen molar-refractivity contribution in [3.63, 3.8) is 0 Å². The van der Waals surface area contributed by atoms with Crippen LogP contribution in [0.1, 0.15) is 31.8 Å². The van der Waals surface area contributed by atoms with Crippen LogP contribution in [0.4, 0.5) is 4.39 Å². The first kappa shape index (κ1) is 16.0. The number of rotatable bonds is 3. The van der Waals surface area contributed by atoms with Gasteiger partial charge in [0.1, 0.15) is 11.3 Å². The summed E-state index contributed by atoms with van der Waals surface area (Å²) >= 11 is 0. The Bertz CT molecular complexity index is 1090. The molecule has 6 heteroatoms. The predicted molar refractivity (Wildman–Crippen MR) is 94.1 cm³/mol. The first-order chi connectivity index (χ1) is 12.5. The number of nitrogens with zero attached hydrogens (tertiary/aromatic N) is 2. The number of halogens is 1. The van der Waals surface area contributed by atoms with Crippen LogP contribution in [-0.4, -0.2) is 26.8 Å². The van der Waals surface area contributed by atoms with Crippen molar-refractivity contribution >= 4 is 28.8 Å². The molecule has 0 bridgehead atoms. The van der Waals surface area contributed by atoms with E-state index in [1.165, 1.54) is 36.5 Å². The van der Waals surface area contributed by atoms with Crippen LogP contribution < -0.4 is 0 Å². The van der Waals surface area contributed by atoms with Crippen LogP contribution >= 0.6 is 0 Å². The molecular weight excluding hydrogens is 335 g/mol. The maximum Gasteiger partial charge on any atom is 0.265 e. The lowest BCUT2D eigenvalue weighted by Gasteiger charge is -2.13. The number of carbonyl (C=O) groups excluding carboxylic acids is 2. The van der Waals surface area contributed by atoms with Crippen LogP contribution in [0, 0.1) is 5.82 Å². The second-order valence-corrected chi connectivity index (χ2v) is 5.94. The molecule has 2 amide bonds. The number of aromatic nitrogens is 1. The van der Waals surface area contributed by atoms with Gasteiger partial charge in [0.05, 0.1) is 17.7 Å². The number of phenols is 1. The zero-order valence-electron chi connectivity index (χ0n) is 13.6. The Labute approximate surface area is 148 Å². The number of imide groups is 1. The van der Waals surface area contributed by atoms with Gasteiger partial charge in [-0.15, -0.1) is 0 Å². The predicted octanol–water partition coefficient (Wildman–Crippen LogP) is 3.52. The summed E-state index contributed by atoms with van der Waals surface area (Å²) in [6, 6.07) is 8.92. The quantitative estimate of drug-likeness (QED) is 0.735. The molecule has 0 saturated heterocycles. The molecule has 0 aliphatic carbocycles. The third-order valence-corrected chi connectivity index (χ3v) is 4.45. The van der Waals surface area contributed by atoms with Crippen molar-refractivity contribution < 1.29 is 19.1 Å². The molecule has 26 heavy (non-hydrogen) atoms. The van der Waals surface area contributed by atoms with Gasteiger partial charge in [-0.2, -0.15) is 0 Å². The van der Waals surface area contributed by atoms with E-state index in [0.29, 0.717) is 16.5 Å². The largest absolute Gasteiger partial charge is 0.505 e. The molecule has 0 unspecified atom stereocenters. The van der Waals surface area contributed by atoms with Crippen LogP contribution in [0.15, 0.2) is 49.2 Å². The van der Waals surface area contributed by atoms with Crippen molar-refractivity contribution in [1.82, 2.24) is 9.88 Å². The minimum atomic E-state index is -0.609. The van der Waals surface area contributed by atoms with E-state index >= 15 is 0 Å². The van der Waals surface area contributed by atoms with Crippen LogP contribution in [0.3, 0.4) is 0 Å². The summed E-state index contributed by atoms with van der Waals surface area (Å²) in [5.74, 6) is -1.85. The molecule has 5 nitrogen and oxygen atoms in total. The van der Waals surface area contributed by atoms with Gasteiger partial charge in [0.25, 0.3) is 11.8 Å². The summed E-state index contributed by atoms with van der Waals surface area (Å²) in [7, 11) is 0. The summed E-state index contributed by atoms with van der Waals surface area (Å²) < 4.78 is 13.1. The summed E-state index contributed by atoms with van der Waals surface area (Å²) in [6.07, 6.45) is 2.98. The molecular formula is C20H13FN2O3. The minimum Gasteiger partial charge on any atom is -0.505 e. The van der Waals surface area contributed by atoms with E-state index in [0.717, 1.165) is 4.90 Å². The molecule has 1 aromatic heterocycles. The number of benzene rings is 2. The van der Waals surface area contributed by atoms with Crippen LogP contribution in [0.5, 0.6) is 5.75 Å². The Morgan fingerprint density at radius 2 is 1.81 bits per heavy atom. The first-order valence-corrected chi connectivity index (χ1v) is 7.89. The van der Waals surface area contributed by atoms with Crippen molar-refractivity contribution in [1.29, 1.82) is 0 Å². The smallest absolute Gasteiger partial charge is 0.265 e. The van der Waals surface area contributed by atoms with Crippen molar-refractivity contribution in [3.8, 4) is 5.75 Å². The van der Waals surface area contributed by atoms with E-state index in [1.807, 2.05) is 0 Å². The lowest BCUT2D eigenvalue weighted by Crippen LogP contribution is -2.29. The molecule has 0 fully saturated rings. The Balaban J connectivity index is 1.88. The molecule has 1 N–H and O–H groups in total. The lowest BCUT2D eigenvalue weighted by molar-refractivity contribution is 0.0641. The number of hydrogen-bond donors (Lipinski definition) is 1. The van der Waals surface area contributed by atoms with Crippen molar-refractivity contribution in [2.45, 2.75) is 6.54 Å². The molecule has 2 heterocycles. The van der Waals surface area contributed by atoms with Gasteiger partial charge in [-0.1, -0.05) is 30.9 Å². The van der Waals surface area contributed by atoms with Crippen LogP contribution in [0.25, 0.3) is 17.0 Å². The number of aromatic hydroxyl groups is 1. The highest BCUT2D eigenvalue weighted by molar-refractivity contribution is 6.26. The number of phenolic OH excluding ortho intramolecular Hbond substituents is 1. The molecule has 2 aromatic carbocycles.